The molecule has 0 heterocycles. The Kier molecular flexibility index (Phi) is 6.45. The summed E-state index contributed by atoms with van der Waals surface area (Å²) in [5.74, 6) is 0.0297. The number of nitrogens with two attached hydrogens (primary N) is 1. The third-order valence-corrected chi connectivity index (χ3v) is 2.56. The fraction of sp³-hybridized carbons (Fsp3) is 0.500. The monoisotopic (exact) mass is 268 g/mol. The molecule has 106 valence electrons. The van der Waals surface area contributed by atoms with Crippen molar-refractivity contribution in [3.05, 3.63) is 35.1 Å². The zero-order chi connectivity index (χ0) is 14.3. The van der Waals surface area contributed by atoms with E-state index in [9.17, 15) is 4.39 Å². The SMILES string of the molecule is CCOC(OCC)C(N)=NCc1ccc(C)c(F)c1. The molecule has 1 rings (SSSR count). The highest BCUT2D eigenvalue weighted by molar-refractivity contribution is 5.83. The van der Waals surface area contributed by atoms with E-state index < -0.39 is 6.29 Å². The third kappa shape index (κ3) is 4.96. The Balaban J connectivity index is 2.69. The van der Waals surface area contributed by atoms with Crippen LogP contribution in [-0.2, 0) is 16.0 Å². The summed E-state index contributed by atoms with van der Waals surface area (Å²) < 4.78 is 24.0. The van der Waals surface area contributed by atoms with Gasteiger partial charge >= 0.3 is 0 Å². The van der Waals surface area contributed by atoms with Gasteiger partial charge in [-0.2, -0.15) is 0 Å². The summed E-state index contributed by atoms with van der Waals surface area (Å²) in [5, 5.41) is 0. The standard InChI is InChI=1S/C14H21FN2O2/c1-4-18-14(19-5-2)13(16)17-9-11-7-6-10(3)12(15)8-11/h6-8,14H,4-5,9H2,1-3H3,(H2,16,17). The molecule has 0 saturated heterocycles. The second-order valence-corrected chi connectivity index (χ2v) is 4.07. The van der Waals surface area contributed by atoms with Gasteiger partial charge in [-0.1, -0.05) is 12.1 Å². The number of nitrogens with zero attached hydrogens (tertiary/aromatic N) is 1. The molecular weight excluding hydrogens is 247 g/mol. The van der Waals surface area contributed by atoms with Crippen molar-refractivity contribution < 1.29 is 13.9 Å². The van der Waals surface area contributed by atoms with E-state index in [0.29, 0.717) is 25.3 Å². The molecule has 0 aromatic heterocycles. The van der Waals surface area contributed by atoms with Gasteiger partial charge < -0.3 is 15.2 Å². The topological polar surface area (TPSA) is 56.8 Å². The first-order valence-corrected chi connectivity index (χ1v) is 6.36. The molecule has 0 aliphatic rings. The predicted molar refractivity (Wildman–Crippen MR) is 73.5 cm³/mol. The fourth-order valence-electron chi connectivity index (χ4n) is 1.51. The summed E-state index contributed by atoms with van der Waals surface area (Å²) in [4.78, 5) is 4.18. The molecule has 0 fully saturated rings. The second kappa shape index (κ2) is 7.86. The average molecular weight is 268 g/mol. The number of aryl methyl sites for hydroxylation is 1. The van der Waals surface area contributed by atoms with Gasteiger partial charge in [0.05, 0.1) is 6.54 Å². The minimum absolute atomic E-state index is 0.238. The molecule has 0 aliphatic heterocycles. The second-order valence-electron chi connectivity index (χ2n) is 4.07. The average Bonchev–Trinajstić information content (AvgIpc) is 2.39. The summed E-state index contributed by atoms with van der Waals surface area (Å²) in [6.45, 7) is 6.71. The van der Waals surface area contributed by atoms with Crippen LogP contribution in [0.2, 0.25) is 0 Å². The van der Waals surface area contributed by atoms with Gasteiger partial charge in [-0.3, -0.25) is 4.99 Å². The molecule has 1 aromatic rings. The van der Waals surface area contributed by atoms with Crippen LogP contribution >= 0.6 is 0 Å². The molecule has 2 N–H and O–H groups in total. The fourth-order valence-corrected chi connectivity index (χ4v) is 1.51. The molecule has 1 aromatic carbocycles. The Hall–Kier alpha value is -1.46. The lowest BCUT2D eigenvalue weighted by Gasteiger charge is -2.16. The summed E-state index contributed by atoms with van der Waals surface area (Å²) in [7, 11) is 0. The molecule has 0 amide bonds. The quantitative estimate of drug-likeness (QED) is 0.469. The van der Waals surface area contributed by atoms with Crippen LogP contribution in [-0.4, -0.2) is 25.3 Å². The molecule has 0 atom stereocenters. The molecule has 0 unspecified atom stereocenters. The zero-order valence-electron chi connectivity index (χ0n) is 11.6. The lowest BCUT2D eigenvalue weighted by molar-refractivity contribution is -0.0907. The maximum atomic E-state index is 13.4. The van der Waals surface area contributed by atoms with Gasteiger partial charge in [-0.15, -0.1) is 0 Å². The van der Waals surface area contributed by atoms with Crippen LogP contribution in [0.15, 0.2) is 23.2 Å². The van der Waals surface area contributed by atoms with Crippen molar-refractivity contribution in [3.8, 4) is 0 Å². The van der Waals surface area contributed by atoms with Crippen LogP contribution in [0.25, 0.3) is 0 Å². The summed E-state index contributed by atoms with van der Waals surface area (Å²) in [6.07, 6.45) is -0.634. The molecule has 0 radical (unpaired) electrons. The van der Waals surface area contributed by atoms with E-state index >= 15 is 0 Å². The predicted octanol–water partition coefficient (Wildman–Crippen LogP) is 2.39. The van der Waals surface area contributed by atoms with E-state index in [0.717, 1.165) is 5.56 Å². The Morgan fingerprint density at radius 3 is 2.47 bits per heavy atom. The number of ether oxygens (including phenoxy) is 2. The highest BCUT2D eigenvalue weighted by atomic mass is 19.1. The Bertz CT molecular complexity index is 429. The van der Waals surface area contributed by atoms with Gasteiger partial charge in [0.1, 0.15) is 5.82 Å². The van der Waals surface area contributed by atoms with Crippen LogP contribution in [0.5, 0.6) is 0 Å². The highest BCUT2D eigenvalue weighted by Crippen LogP contribution is 2.10. The summed E-state index contributed by atoms with van der Waals surface area (Å²) in [6, 6.07) is 5.01. The number of hydrogen-bond donors (Lipinski definition) is 1. The molecule has 4 nitrogen and oxygen atoms in total. The Labute approximate surface area is 113 Å². The van der Waals surface area contributed by atoms with Gasteiger partial charge in [0, 0.05) is 13.2 Å². The van der Waals surface area contributed by atoms with Crippen molar-refractivity contribution in [2.75, 3.05) is 13.2 Å². The molecule has 0 aliphatic carbocycles. The largest absolute Gasteiger partial charge is 0.383 e. The van der Waals surface area contributed by atoms with Crippen LogP contribution in [0.4, 0.5) is 4.39 Å². The number of amidine groups is 1. The van der Waals surface area contributed by atoms with Gasteiger partial charge in [-0.25, -0.2) is 4.39 Å². The van der Waals surface area contributed by atoms with Crippen molar-refractivity contribution in [1.29, 1.82) is 0 Å². The Morgan fingerprint density at radius 2 is 1.95 bits per heavy atom. The normalized spacial score (nSPS) is 12.2. The van der Waals surface area contributed by atoms with E-state index in [4.69, 9.17) is 15.2 Å². The summed E-state index contributed by atoms with van der Waals surface area (Å²) in [5.41, 5.74) is 7.19. The molecular formula is C14H21FN2O2. The first kappa shape index (κ1) is 15.6. The maximum absolute atomic E-state index is 13.4. The van der Waals surface area contributed by atoms with Crippen molar-refractivity contribution in [2.24, 2.45) is 10.7 Å². The molecule has 0 bridgehead atoms. The number of rotatable bonds is 7. The first-order chi connectivity index (χ1) is 9.08. The van der Waals surface area contributed by atoms with Crippen LogP contribution in [0, 0.1) is 12.7 Å². The van der Waals surface area contributed by atoms with E-state index in [1.807, 2.05) is 19.9 Å². The number of aliphatic imine (C=N–C) groups is 1. The first-order valence-electron chi connectivity index (χ1n) is 6.36. The zero-order valence-corrected chi connectivity index (χ0v) is 11.6. The molecule has 19 heavy (non-hydrogen) atoms. The van der Waals surface area contributed by atoms with Crippen LogP contribution in [0.3, 0.4) is 0 Å². The lowest BCUT2D eigenvalue weighted by atomic mass is 10.1. The van der Waals surface area contributed by atoms with Crippen LogP contribution < -0.4 is 5.73 Å². The smallest absolute Gasteiger partial charge is 0.216 e. The molecule has 0 saturated carbocycles. The molecule has 0 spiro atoms. The van der Waals surface area contributed by atoms with Crippen molar-refractivity contribution in [1.82, 2.24) is 0 Å². The number of hydrogen-bond acceptors (Lipinski definition) is 3. The van der Waals surface area contributed by atoms with Gasteiger partial charge in [0.2, 0.25) is 6.29 Å². The van der Waals surface area contributed by atoms with E-state index in [-0.39, 0.29) is 11.7 Å². The van der Waals surface area contributed by atoms with Gasteiger partial charge in [0.15, 0.2) is 5.84 Å². The summed E-state index contributed by atoms with van der Waals surface area (Å²) >= 11 is 0. The van der Waals surface area contributed by atoms with Crippen molar-refractivity contribution >= 4 is 5.84 Å². The van der Waals surface area contributed by atoms with Crippen molar-refractivity contribution in [3.63, 3.8) is 0 Å². The van der Waals surface area contributed by atoms with Crippen LogP contribution in [0.1, 0.15) is 25.0 Å². The van der Waals surface area contributed by atoms with E-state index in [2.05, 4.69) is 4.99 Å². The lowest BCUT2D eigenvalue weighted by Crippen LogP contribution is -2.34. The maximum Gasteiger partial charge on any atom is 0.216 e. The minimum Gasteiger partial charge on any atom is -0.383 e. The number of benzene rings is 1. The minimum atomic E-state index is -0.634. The third-order valence-electron chi connectivity index (χ3n) is 2.56. The van der Waals surface area contributed by atoms with Gasteiger partial charge in [-0.05, 0) is 38.0 Å². The van der Waals surface area contributed by atoms with Gasteiger partial charge in [0.25, 0.3) is 0 Å². The Morgan fingerprint density at radius 1 is 1.32 bits per heavy atom. The molecule has 5 heteroatoms. The van der Waals surface area contributed by atoms with E-state index in [1.165, 1.54) is 6.07 Å². The van der Waals surface area contributed by atoms with E-state index in [1.54, 1.807) is 13.0 Å². The van der Waals surface area contributed by atoms with Crippen molar-refractivity contribution in [2.45, 2.75) is 33.6 Å². The highest BCUT2D eigenvalue weighted by Gasteiger charge is 2.12. The number of halogens is 1.